The molecule has 1 saturated carbocycles. The monoisotopic (exact) mass is 553 g/mol. The Kier molecular flexibility index (Phi) is 9.65. The third-order valence-corrected chi connectivity index (χ3v) is 5.96. The van der Waals surface area contributed by atoms with Gasteiger partial charge in [0.05, 0.1) is 38.0 Å². The Hall–Kier alpha value is -1.81. The van der Waals surface area contributed by atoms with E-state index in [0.717, 1.165) is 42.5 Å². The molecule has 2 aliphatic rings. The van der Waals surface area contributed by atoms with Crippen LogP contribution in [0.4, 0.5) is 0 Å². The summed E-state index contributed by atoms with van der Waals surface area (Å²) in [7, 11) is 0. The van der Waals surface area contributed by atoms with Crippen LogP contribution in [0.15, 0.2) is 35.5 Å². The van der Waals surface area contributed by atoms with Crippen molar-refractivity contribution in [2.24, 2.45) is 4.99 Å². The van der Waals surface area contributed by atoms with Crippen molar-refractivity contribution in [2.45, 2.75) is 71.2 Å². The Labute approximate surface area is 208 Å². The van der Waals surface area contributed by atoms with Gasteiger partial charge in [0.2, 0.25) is 0 Å². The number of guanidine groups is 1. The summed E-state index contributed by atoms with van der Waals surface area (Å²) in [5.74, 6) is 1.69. The molecule has 1 aromatic carbocycles. The Morgan fingerprint density at radius 3 is 2.81 bits per heavy atom. The van der Waals surface area contributed by atoms with Crippen LogP contribution in [0.5, 0.6) is 5.75 Å². The molecule has 1 aliphatic heterocycles. The highest BCUT2D eigenvalue weighted by Crippen LogP contribution is 2.28. The van der Waals surface area contributed by atoms with Crippen molar-refractivity contribution < 1.29 is 9.47 Å². The first-order valence-corrected chi connectivity index (χ1v) is 11.6. The first-order valence-electron chi connectivity index (χ1n) is 11.6. The zero-order chi connectivity index (χ0) is 21.5. The normalized spacial score (nSPS) is 19.1. The first-order chi connectivity index (χ1) is 15.2. The van der Waals surface area contributed by atoms with E-state index < -0.39 is 0 Å². The van der Waals surface area contributed by atoms with E-state index in [9.17, 15) is 0 Å². The standard InChI is InChI=1S/C24H35N5O2.HI/c1-3-25-24(27-16-20-10-12-29(28-20)21-6-4-5-7-21)26-15-19-9-8-18(2)14-23(19)31-22-11-13-30-17-22;/h8-10,12,14,21-22H,3-7,11,13,15-17H2,1-2H3,(H2,25,26,27);1H. The molecule has 0 bridgehead atoms. The van der Waals surface area contributed by atoms with E-state index in [1.54, 1.807) is 0 Å². The lowest BCUT2D eigenvalue weighted by Crippen LogP contribution is -2.37. The molecule has 2 N–H and O–H groups in total. The molecule has 176 valence electrons. The second-order valence-corrected chi connectivity index (χ2v) is 8.49. The summed E-state index contributed by atoms with van der Waals surface area (Å²) in [6.45, 7) is 7.60. The molecule has 0 amide bonds. The largest absolute Gasteiger partial charge is 0.488 e. The summed E-state index contributed by atoms with van der Waals surface area (Å²) >= 11 is 0. The van der Waals surface area contributed by atoms with Gasteiger partial charge in [-0.1, -0.05) is 25.0 Å². The summed E-state index contributed by atoms with van der Waals surface area (Å²) in [6.07, 6.45) is 8.29. The fourth-order valence-corrected chi connectivity index (χ4v) is 4.21. The van der Waals surface area contributed by atoms with Crippen molar-refractivity contribution in [3.05, 3.63) is 47.3 Å². The molecule has 1 aromatic heterocycles. The fraction of sp³-hybridized carbons (Fsp3) is 0.583. The Balaban J connectivity index is 0.00000289. The lowest BCUT2D eigenvalue weighted by Gasteiger charge is -2.16. The SMILES string of the molecule is CCNC(=NCc1ccc(C)cc1OC1CCOC1)NCc1ccn(C2CCCC2)n1.I. The van der Waals surface area contributed by atoms with E-state index in [-0.39, 0.29) is 30.1 Å². The number of nitrogens with one attached hydrogen (secondary N) is 2. The summed E-state index contributed by atoms with van der Waals surface area (Å²) in [5, 5.41) is 11.5. The van der Waals surface area contributed by atoms with Crippen molar-refractivity contribution in [1.29, 1.82) is 0 Å². The Bertz CT molecular complexity index is 873. The van der Waals surface area contributed by atoms with Gasteiger partial charge in [0.1, 0.15) is 11.9 Å². The topological polar surface area (TPSA) is 72.7 Å². The Morgan fingerprint density at radius 1 is 1.22 bits per heavy atom. The highest BCUT2D eigenvalue weighted by atomic mass is 127. The van der Waals surface area contributed by atoms with Gasteiger partial charge in [0.25, 0.3) is 0 Å². The minimum atomic E-state index is 0. The van der Waals surface area contributed by atoms with Gasteiger partial charge in [-0.3, -0.25) is 4.68 Å². The molecule has 32 heavy (non-hydrogen) atoms. The molecule has 2 fully saturated rings. The van der Waals surface area contributed by atoms with Crippen LogP contribution in [0.25, 0.3) is 0 Å². The molecule has 0 radical (unpaired) electrons. The zero-order valence-electron chi connectivity index (χ0n) is 19.2. The van der Waals surface area contributed by atoms with E-state index in [0.29, 0.717) is 25.7 Å². The van der Waals surface area contributed by atoms with Crippen LogP contribution in [0.1, 0.15) is 61.9 Å². The molecular weight excluding hydrogens is 517 g/mol. The van der Waals surface area contributed by atoms with Gasteiger partial charge < -0.3 is 20.1 Å². The fourth-order valence-electron chi connectivity index (χ4n) is 4.21. The summed E-state index contributed by atoms with van der Waals surface area (Å²) in [5.41, 5.74) is 3.31. The maximum absolute atomic E-state index is 6.21. The van der Waals surface area contributed by atoms with Gasteiger partial charge in [0, 0.05) is 24.7 Å². The van der Waals surface area contributed by atoms with E-state index in [4.69, 9.17) is 19.6 Å². The van der Waals surface area contributed by atoms with Gasteiger partial charge in [-0.25, -0.2) is 4.99 Å². The van der Waals surface area contributed by atoms with E-state index in [1.807, 2.05) is 0 Å². The number of hydrogen-bond donors (Lipinski definition) is 2. The van der Waals surface area contributed by atoms with Crippen LogP contribution in [0.3, 0.4) is 0 Å². The van der Waals surface area contributed by atoms with Crippen LogP contribution in [-0.4, -0.2) is 41.6 Å². The number of hydrogen-bond acceptors (Lipinski definition) is 4. The maximum atomic E-state index is 6.21. The van der Waals surface area contributed by atoms with Gasteiger partial charge in [0.15, 0.2) is 5.96 Å². The van der Waals surface area contributed by atoms with Crippen molar-refractivity contribution in [2.75, 3.05) is 19.8 Å². The van der Waals surface area contributed by atoms with Gasteiger partial charge in [-0.05, 0) is 44.4 Å². The third kappa shape index (κ3) is 6.84. The Morgan fingerprint density at radius 2 is 2.06 bits per heavy atom. The average Bonchev–Trinajstić information content (AvgIpc) is 3.53. The predicted molar refractivity (Wildman–Crippen MR) is 138 cm³/mol. The zero-order valence-corrected chi connectivity index (χ0v) is 21.5. The summed E-state index contributed by atoms with van der Waals surface area (Å²) < 4.78 is 13.8. The predicted octanol–water partition coefficient (Wildman–Crippen LogP) is 4.35. The second kappa shape index (κ2) is 12.4. The minimum absolute atomic E-state index is 0. The first kappa shape index (κ1) is 24.8. The molecule has 7 nitrogen and oxygen atoms in total. The van der Waals surface area contributed by atoms with Gasteiger partial charge in [-0.2, -0.15) is 5.10 Å². The number of benzene rings is 1. The van der Waals surface area contributed by atoms with Crippen molar-refractivity contribution in [3.8, 4) is 5.75 Å². The van der Waals surface area contributed by atoms with Crippen molar-refractivity contribution >= 4 is 29.9 Å². The smallest absolute Gasteiger partial charge is 0.191 e. The molecule has 1 saturated heterocycles. The number of ether oxygens (including phenoxy) is 2. The maximum Gasteiger partial charge on any atom is 0.191 e. The number of nitrogens with zero attached hydrogens (tertiary/aromatic N) is 3. The lowest BCUT2D eigenvalue weighted by atomic mass is 10.1. The minimum Gasteiger partial charge on any atom is -0.488 e. The molecule has 0 spiro atoms. The van der Waals surface area contributed by atoms with Crippen LogP contribution in [0.2, 0.25) is 0 Å². The molecule has 2 heterocycles. The molecule has 1 aliphatic carbocycles. The number of rotatable bonds is 8. The summed E-state index contributed by atoms with van der Waals surface area (Å²) in [6, 6.07) is 8.99. The number of aryl methyl sites for hydroxylation is 1. The van der Waals surface area contributed by atoms with E-state index in [1.165, 1.54) is 31.2 Å². The number of aliphatic imine (C=N–C) groups is 1. The molecular formula is C24H36IN5O2. The van der Waals surface area contributed by atoms with E-state index >= 15 is 0 Å². The lowest BCUT2D eigenvalue weighted by molar-refractivity contribution is 0.140. The quantitative estimate of drug-likeness (QED) is 0.289. The molecule has 1 unspecified atom stereocenters. The molecule has 8 heteroatoms. The highest BCUT2D eigenvalue weighted by Gasteiger charge is 2.19. The third-order valence-electron chi connectivity index (χ3n) is 5.96. The molecule has 4 rings (SSSR count). The van der Waals surface area contributed by atoms with Crippen molar-refractivity contribution in [3.63, 3.8) is 0 Å². The van der Waals surface area contributed by atoms with Crippen molar-refractivity contribution in [1.82, 2.24) is 20.4 Å². The average molecular weight is 553 g/mol. The van der Waals surface area contributed by atoms with Gasteiger partial charge in [-0.15, -0.1) is 24.0 Å². The number of halogens is 1. The van der Waals surface area contributed by atoms with Crippen LogP contribution in [-0.2, 0) is 17.8 Å². The van der Waals surface area contributed by atoms with Crippen LogP contribution in [0, 0.1) is 6.92 Å². The van der Waals surface area contributed by atoms with Crippen LogP contribution < -0.4 is 15.4 Å². The second-order valence-electron chi connectivity index (χ2n) is 8.49. The van der Waals surface area contributed by atoms with Crippen LogP contribution >= 0.6 is 24.0 Å². The van der Waals surface area contributed by atoms with Gasteiger partial charge >= 0.3 is 0 Å². The number of aromatic nitrogens is 2. The molecule has 1 atom stereocenters. The van der Waals surface area contributed by atoms with E-state index in [2.05, 4.69) is 59.6 Å². The highest BCUT2D eigenvalue weighted by molar-refractivity contribution is 14.0. The molecule has 2 aromatic rings. The summed E-state index contributed by atoms with van der Waals surface area (Å²) in [4.78, 5) is 4.80.